The van der Waals surface area contributed by atoms with Crippen molar-refractivity contribution < 1.29 is 0 Å². The summed E-state index contributed by atoms with van der Waals surface area (Å²) in [6, 6.07) is 61.3. The number of hydrogen-bond acceptors (Lipinski definition) is 2. The molecule has 224 valence electrons. The first kappa shape index (κ1) is 27.1. The van der Waals surface area contributed by atoms with Gasteiger partial charge in [0.05, 0.1) is 16.9 Å². The molecular formula is C45H28N2S. The molecule has 3 heteroatoms. The van der Waals surface area contributed by atoms with Crippen molar-refractivity contribution in [3.63, 3.8) is 0 Å². The standard InChI is InChI=1S/C45H28N2S/c1-3-14-29(15-4-1)42-43(30-16-5-2-6-17-30)47-40-27-26-31(28-39(40)34-20-9-10-22-38(34)45(47)46-42)32-18-7-8-19-33(32)36-23-13-24-37-35-21-11-12-25-41(35)48-44(36)37/h1-28H. The van der Waals surface area contributed by atoms with Crippen molar-refractivity contribution in [2.24, 2.45) is 0 Å². The summed E-state index contributed by atoms with van der Waals surface area (Å²) in [6.07, 6.45) is 0. The van der Waals surface area contributed by atoms with E-state index >= 15 is 0 Å². The van der Waals surface area contributed by atoms with Gasteiger partial charge in [0.25, 0.3) is 0 Å². The Morgan fingerprint density at radius 2 is 1.04 bits per heavy atom. The highest BCUT2D eigenvalue weighted by molar-refractivity contribution is 7.26. The summed E-state index contributed by atoms with van der Waals surface area (Å²) in [5.74, 6) is 0. The lowest BCUT2D eigenvalue weighted by atomic mass is 9.92. The highest BCUT2D eigenvalue weighted by Crippen LogP contribution is 2.44. The van der Waals surface area contributed by atoms with Gasteiger partial charge in [0.15, 0.2) is 0 Å². The van der Waals surface area contributed by atoms with Crippen molar-refractivity contribution in [2.75, 3.05) is 0 Å². The van der Waals surface area contributed by atoms with Gasteiger partial charge in [-0.3, -0.25) is 4.40 Å². The predicted octanol–water partition coefficient (Wildman–Crippen LogP) is 12.7. The van der Waals surface area contributed by atoms with Crippen molar-refractivity contribution in [3.8, 4) is 44.8 Å². The van der Waals surface area contributed by atoms with E-state index in [9.17, 15) is 0 Å². The van der Waals surface area contributed by atoms with Gasteiger partial charge in [-0.15, -0.1) is 11.3 Å². The first-order chi connectivity index (χ1) is 23.8. The molecule has 0 aliphatic heterocycles. The predicted molar refractivity (Wildman–Crippen MR) is 205 cm³/mol. The van der Waals surface area contributed by atoms with E-state index < -0.39 is 0 Å². The highest BCUT2D eigenvalue weighted by Gasteiger charge is 2.21. The number of thiophene rings is 1. The van der Waals surface area contributed by atoms with E-state index in [1.54, 1.807) is 0 Å². The molecule has 0 spiro atoms. The van der Waals surface area contributed by atoms with E-state index in [0.717, 1.165) is 39.1 Å². The van der Waals surface area contributed by atoms with Gasteiger partial charge < -0.3 is 0 Å². The van der Waals surface area contributed by atoms with Crippen LogP contribution in [-0.2, 0) is 0 Å². The number of nitrogens with zero attached hydrogens (tertiary/aromatic N) is 2. The quantitative estimate of drug-likeness (QED) is 0.177. The Hall–Kier alpha value is -6.03. The zero-order valence-electron chi connectivity index (χ0n) is 26.0. The Kier molecular flexibility index (Phi) is 6.08. The average molecular weight is 629 g/mol. The molecule has 0 aliphatic carbocycles. The van der Waals surface area contributed by atoms with Gasteiger partial charge >= 0.3 is 0 Å². The maximum absolute atomic E-state index is 5.38. The molecule has 10 aromatic rings. The minimum absolute atomic E-state index is 0.973. The SMILES string of the molecule is c1ccc(-c2nc3c4ccccc4c4cc(-c5ccccc5-c5cccc6c5sc5ccccc56)ccc4n3c2-c2ccccc2)cc1. The Labute approximate surface area is 281 Å². The van der Waals surface area contributed by atoms with E-state index in [0.29, 0.717) is 0 Å². The first-order valence-electron chi connectivity index (χ1n) is 16.3. The zero-order chi connectivity index (χ0) is 31.6. The second-order valence-corrected chi connectivity index (χ2v) is 13.4. The molecule has 3 aromatic heterocycles. The average Bonchev–Trinajstić information content (AvgIpc) is 3.76. The molecule has 0 N–H and O–H groups in total. The van der Waals surface area contributed by atoms with E-state index in [-0.39, 0.29) is 0 Å². The van der Waals surface area contributed by atoms with E-state index in [4.69, 9.17) is 4.98 Å². The molecule has 0 atom stereocenters. The minimum Gasteiger partial charge on any atom is -0.291 e. The maximum atomic E-state index is 5.38. The molecular weight excluding hydrogens is 601 g/mol. The van der Waals surface area contributed by atoms with Crippen LogP contribution in [-0.4, -0.2) is 9.38 Å². The van der Waals surface area contributed by atoms with Crippen molar-refractivity contribution in [1.82, 2.24) is 9.38 Å². The van der Waals surface area contributed by atoms with Crippen LogP contribution in [0.1, 0.15) is 0 Å². The van der Waals surface area contributed by atoms with Gasteiger partial charge in [0.2, 0.25) is 0 Å². The van der Waals surface area contributed by atoms with Crippen molar-refractivity contribution >= 4 is 58.8 Å². The monoisotopic (exact) mass is 628 g/mol. The van der Waals surface area contributed by atoms with Crippen LogP contribution in [0.25, 0.3) is 92.3 Å². The lowest BCUT2D eigenvalue weighted by molar-refractivity contribution is 1.27. The van der Waals surface area contributed by atoms with Crippen molar-refractivity contribution in [3.05, 3.63) is 170 Å². The third kappa shape index (κ3) is 4.08. The third-order valence-electron chi connectivity index (χ3n) is 9.60. The molecule has 0 saturated carbocycles. The van der Waals surface area contributed by atoms with Crippen molar-refractivity contribution in [2.45, 2.75) is 0 Å². The first-order valence-corrected chi connectivity index (χ1v) is 17.1. The molecule has 7 aromatic carbocycles. The number of benzene rings is 7. The van der Waals surface area contributed by atoms with E-state index in [1.807, 2.05) is 11.3 Å². The Balaban J connectivity index is 1.27. The molecule has 0 amide bonds. The molecule has 48 heavy (non-hydrogen) atoms. The topological polar surface area (TPSA) is 17.3 Å². The van der Waals surface area contributed by atoms with E-state index in [2.05, 4.69) is 174 Å². The van der Waals surface area contributed by atoms with Crippen LogP contribution in [0.4, 0.5) is 0 Å². The van der Waals surface area contributed by atoms with E-state index in [1.165, 1.54) is 53.2 Å². The fourth-order valence-electron chi connectivity index (χ4n) is 7.45. The highest BCUT2D eigenvalue weighted by atomic mass is 32.1. The van der Waals surface area contributed by atoms with Gasteiger partial charge in [-0.2, -0.15) is 0 Å². The molecule has 3 heterocycles. The molecule has 0 unspecified atom stereocenters. The molecule has 10 rings (SSSR count). The lowest BCUT2D eigenvalue weighted by Crippen LogP contribution is -1.95. The molecule has 0 fully saturated rings. The van der Waals surface area contributed by atoms with Crippen molar-refractivity contribution in [1.29, 1.82) is 0 Å². The van der Waals surface area contributed by atoms with Crippen LogP contribution in [0, 0.1) is 0 Å². The molecule has 0 radical (unpaired) electrons. The summed E-state index contributed by atoms with van der Waals surface area (Å²) < 4.78 is 5.03. The van der Waals surface area contributed by atoms with Gasteiger partial charge in [-0.25, -0.2) is 4.98 Å². The molecule has 0 saturated heterocycles. The minimum atomic E-state index is 0.973. The summed E-state index contributed by atoms with van der Waals surface area (Å²) in [7, 11) is 0. The number of hydrogen-bond donors (Lipinski definition) is 0. The van der Waals surface area contributed by atoms with Crippen LogP contribution in [0.3, 0.4) is 0 Å². The summed E-state index contributed by atoms with van der Waals surface area (Å²) in [5.41, 5.74) is 11.4. The number of pyridine rings is 1. The zero-order valence-corrected chi connectivity index (χ0v) is 26.8. The third-order valence-corrected chi connectivity index (χ3v) is 10.8. The Morgan fingerprint density at radius 3 is 1.85 bits per heavy atom. The molecule has 2 nitrogen and oxygen atoms in total. The van der Waals surface area contributed by atoms with Crippen LogP contribution < -0.4 is 0 Å². The second-order valence-electron chi connectivity index (χ2n) is 12.3. The normalized spacial score (nSPS) is 11.8. The number of aromatic nitrogens is 2. The van der Waals surface area contributed by atoms with Crippen LogP contribution >= 0.6 is 11.3 Å². The molecule has 0 aliphatic rings. The maximum Gasteiger partial charge on any atom is 0.146 e. The molecule has 0 bridgehead atoms. The summed E-state index contributed by atoms with van der Waals surface area (Å²) in [4.78, 5) is 5.38. The lowest BCUT2D eigenvalue weighted by Gasteiger charge is -2.15. The van der Waals surface area contributed by atoms with Gasteiger partial charge in [-0.1, -0.05) is 152 Å². The summed E-state index contributed by atoms with van der Waals surface area (Å²) >= 11 is 1.88. The number of imidazole rings is 1. The largest absolute Gasteiger partial charge is 0.291 e. The van der Waals surface area contributed by atoms with Crippen LogP contribution in [0.2, 0.25) is 0 Å². The second kappa shape index (κ2) is 10.8. The Bertz CT molecular complexity index is 2830. The smallest absolute Gasteiger partial charge is 0.146 e. The van der Waals surface area contributed by atoms with Gasteiger partial charge in [0, 0.05) is 47.6 Å². The van der Waals surface area contributed by atoms with Gasteiger partial charge in [0.1, 0.15) is 5.65 Å². The van der Waals surface area contributed by atoms with Crippen LogP contribution in [0.15, 0.2) is 170 Å². The fraction of sp³-hybridized carbons (Fsp3) is 0. The number of rotatable bonds is 4. The fourth-order valence-corrected chi connectivity index (χ4v) is 8.68. The van der Waals surface area contributed by atoms with Gasteiger partial charge in [-0.05, 0) is 40.3 Å². The summed E-state index contributed by atoms with van der Waals surface area (Å²) in [6.45, 7) is 0. The number of fused-ring (bicyclic) bond motifs is 9. The van der Waals surface area contributed by atoms with Crippen LogP contribution in [0.5, 0.6) is 0 Å². The summed E-state index contributed by atoms with van der Waals surface area (Å²) in [5, 5.41) is 6.19. The Morgan fingerprint density at radius 1 is 0.417 bits per heavy atom.